The number of rotatable bonds is 3. The highest BCUT2D eigenvalue weighted by Crippen LogP contribution is 2.19. The molecule has 104 valence electrons. The number of aromatic nitrogens is 1. The number of amides is 1. The molecule has 1 saturated heterocycles. The summed E-state index contributed by atoms with van der Waals surface area (Å²) in [6.07, 6.45) is 3.70. The first kappa shape index (κ1) is 14.3. The monoisotopic (exact) mass is 281 g/mol. The molecule has 19 heavy (non-hydrogen) atoms. The van der Waals surface area contributed by atoms with Crippen molar-refractivity contribution >= 4 is 17.5 Å². The van der Waals surface area contributed by atoms with Crippen molar-refractivity contribution in [1.82, 2.24) is 14.8 Å². The third-order valence-corrected chi connectivity index (χ3v) is 3.72. The van der Waals surface area contributed by atoms with Gasteiger partial charge in [-0.05, 0) is 45.0 Å². The number of hydrogen-bond donors (Lipinski definition) is 0. The summed E-state index contributed by atoms with van der Waals surface area (Å²) < 4.78 is 0. The zero-order valence-electron chi connectivity index (χ0n) is 11.5. The quantitative estimate of drug-likeness (QED) is 0.797. The normalized spacial score (nSPS) is 16.9. The van der Waals surface area contributed by atoms with Crippen LogP contribution >= 0.6 is 11.6 Å². The van der Waals surface area contributed by atoms with E-state index in [4.69, 9.17) is 11.6 Å². The molecule has 1 aliphatic rings. The first-order valence-electron chi connectivity index (χ1n) is 6.62. The van der Waals surface area contributed by atoms with E-state index in [1.807, 2.05) is 4.90 Å². The van der Waals surface area contributed by atoms with Crippen molar-refractivity contribution in [3.05, 3.63) is 29.0 Å². The molecule has 1 amide bonds. The Morgan fingerprint density at radius 3 is 2.63 bits per heavy atom. The lowest BCUT2D eigenvalue weighted by molar-refractivity contribution is 0.0677. The molecule has 1 aliphatic heterocycles. The molecule has 0 aliphatic carbocycles. The maximum Gasteiger partial charge on any atom is 0.255 e. The molecule has 2 heterocycles. The SMILES string of the molecule is CN(C)CC1CCN(C(=O)c2ccc(Cl)nc2)CC1. The number of hydrogen-bond acceptors (Lipinski definition) is 3. The molecule has 0 atom stereocenters. The van der Waals surface area contributed by atoms with Crippen LogP contribution in [0.5, 0.6) is 0 Å². The maximum absolute atomic E-state index is 12.3. The summed E-state index contributed by atoms with van der Waals surface area (Å²) in [5.74, 6) is 0.759. The number of carbonyl (C=O) groups is 1. The van der Waals surface area contributed by atoms with E-state index in [1.54, 1.807) is 18.3 Å². The molecule has 0 saturated carbocycles. The highest BCUT2D eigenvalue weighted by atomic mass is 35.5. The van der Waals surface area contributed by atoms with E-state index in [9.17, 15) is 4.79 Å². The third-order valence-electron chi connectivity index (χ3n) is 3.50. The largest absolute Gasteiger partial charge is 0.339 e. The Hall–Kier alpha value is -1.13. The summed E-state index contributed by atoms with van der Waals surface area (Å²) in [5.41, 5.74) is 0.621. The summed E-state index contributed by atoms with van der Waals surface area (Å²) in [7, 11) is 4.19. The number of piperidine rings is 1. The predicted octanol–water partition coefficient (Wildman–Crippen LogP) is 2.15. The second-order valence-electron chi connectivity index (χ2n) is 5.37. The van der Waals surface area contributed by atoms with E-state index in [1.165, 1.54) is 0 Å². The minimum atomic E-state index is 0.0625. The smallest absolute Gasteiger partial charge is 0.255 e. The number of pyridine rings is 1. The van der Waals surface area contributed by atoms with Crippen LogP contribution in [0.1, 0.15) is 23.2 Å². The Kier molecular flexibility index (Phi) is 4.77. The molecule has 0 unspecified atom stereocenters. The van der Waals surface area contributed by atoms with Crippen molar-refractivity contribution < 1.29 is 4.79 Å². The van der Waals surface area contributed by atoms with Crippen LogP contribution in [0.25, 0.3) is 0 Å². The maximum atomic E-state index is 12.3. The van der Waals surface area contributed by atoms with Gasteiger partial charge < -0.3 is 9.80 Å². The van der Waals surface area contributed by atoms with Crippen LogP contribution in [0.2, 0.25) is 5.15 Å². The van der Waals surface area contributed by atoms with Gasteiger partial charge in [0, 0.05) is 25.8 Å². The van der Waals surface area contributed by atoms with Crippen molar-refractivity contribution in [2.75, 3.05) is 33.7 Å². The van der Waals surface area contributed by atoms with Gasteiger partial charge in [-0.25, -0.2) is 4.98 Å². The van der Waals surface area contributed by atoms with Crippen molar-refractivity contribution in [1.29, 1.82) is 0 Å². The summed E-state index contributed by atoms with van der Waals surface area (Å²) in [6.45, 7) is 2.77. The Labute approximate surface area is 119 Å². The molecular formula is C14H20ClN3O. The first-order chi connectivity index (χ1) is 9.06. The summed E-state index contributed by atoms with van der Waals surface area (Å²) in [6, 6.07) is 3.40. The lowest BCUT2D eigenvalue weighted by atomic mass is 9.96. The Morgan fingerprint density at radius 2 is 2.11 bits per heavy atom. The molecule has 0 radical (unpaired) electrons. The van der Waals surface area contributed by atoms with Crippen molar-refractivity contribution in [2.24, 2.45) is 5.92 Å². The fourth-order valence-corrected chi connectivity index (χ4v) is 2.63. The van der Waals surface area contributed by atoms with E-state index >= 15 is 0 Å². The molecule has 0 spiro atoms. The second-order valence-corrected chi connectivity index (χ2v) is 5.75. The van der Waals surface area contributed by atoms with Gasteiger partial charge in [0.2, 0.25) is 0 Å². The molecule has 4 nitrogen and oxygen atoms in total. The van der Waals surface area contributed by atoms with Crippen molar-refractivity contribution in [2.45, 2.75) is 12.8 Å². The number of carbonyl (C=O) groups excluding carboxylic acids is 1. The van der Waals surface area contributed by atoms with E-state index in [2.05, 4.69) is 24.0 Å². The fourth-order valence-electron chi connectivity index (χ4n) is 2.52. The Bertz CT molecular complexity index is 425. The molecule has 2 rings (SSSR count). The van der Waals surface area contributed by atoms with Gasteiger partial charge in [-0.15, -0.1) is 0 Å². The van der Waals surface area contributed by atoms with Crippen LogP contribution in [0.3, 0.4) is 0 Å². The van der Waals surface area contributed by atoms with E-state index in [-0.39, 0.29) is 5.91 Å². The van der Waals surface area contributed by atoms with Crippen LogP contribution in [-0.2, 0) is 0 Å². The second kappa shape index (κ2) is 6.35. The van der Waals surface area contributed by atoms with Crippen molar-refractivity contribution in [3.8, 4) is 0 Å². The van der Waals surface area contributed by atoms with E-state index in [0.717, 1.165) is 32.5 Å². The average Bonchev–Trinajstić information content (AvgIpc) is 2.39. The minimum absolute atomic E-state index is 0.0625. The Balaban J connectivity index is 1.90. The van der Waals surface area contributed by atoms with Gasteiger partial charge in [0.15, 0.2) is 0 Å². The molecule has 1 aromatic heterocycles. The van der Waals surface area contributed by atoms with Crippen molar-refractivity contribution in [3.63, 3.8) is 0 Å². The molecule has 0 N–H and O–H groups in total. The first-order valence-corrected chi connectivity index (χ1v) is 6.99. The molecule has 1 aromatic rings. The summed E-state index contributed by atoms with van der Waals surface area (Å²) >= 11 is 5.73. The van der Waals surface area contributed by atoms with Crippen LogP contribution < -0.4 is 0 Å². The van der Waals surface area contributed by atoms with Gasteiger partial charge in [-0.2, -0.15) is 0 Å². The van der Waals surface area contributed by atoms with Gasteiger partial charge in [0.05, 0.1) is 5.56 Å². The standard InChI is InChI=1S/C14H20ClN3O/c1-17(2)10-11-5-7-18(8-6-11)14(19)12-3-4-13(15)16-9-12/h3-4,9,11H,5-8,10H2,1-2H3. The highest BCUT2D eigenvalue weighted by molar-refractivity contribution is 6.29. The lowest BCUT2D eigenvalue weighted by Crippen LogP contribution is -2.40. The van der Waals surface area contributed by atoms with Crippen LogP contribution in [0.4, 0.5) is 0 Å². The average molecular weight is 282 g/mol. The van der Waals surface area contributed by atoms with E-state index < -0.39 is 0 Å². The van der Waals surface area contributed by atoms with Crippen LogP contribution in [0, 0.1) is 5.92 Å². The summed E-state index contributed by atoms with van der Waals surface area (Å²) in [4.78, 5) is 20.4. The van der Waals surface area contributed by atoms with Gasteiger partial charge in [-0.1, -0.05) is 11.6 Å². The van der Waals surface area contributed by atoms with Crippen LogP contribution in [0.15, 0.2) is 18.3 Å². The zero-order chi connectivity index (χ0) is 13.8. The third kappa shape index (κ3) is 3.91. The predicted molar refractivity (Wildman–Crippen MR) is 76.4 cm³/mol. The van der Waals surface area contributed by atoms with Gasteiger partial charge in [-0.3, -0.25) is 4.79 Å². The molecule has 5 heteroatoms. The molecule has 1 fully saturated rings. The molecular weight excluding hydrogens is 262 g/mol. The molecule has 0 aromatic carbocycles. The number of halogens is 1. The zero-order valence-corrected chi connectivity index (χ0v) is 12.2. The van der Waals surface area contributed by atoms with Crippen LogP contribution in [-0.4, -0.2) is 54.4 Å². The number of nitrogens with zero attached hydrogens (tertiary/aromatic N) is 3. The fraction of sp³-hybridized carbons (Fsp3) is 0.571. The topological polar surface area (TPSA) is 36.4 Å². The summed E-state index contributed by atoms with van der Waals surface area (Å²) in [5, 5.41) is 0.418. The number of likely N-dealkylation sites (tertiary alicyclic amines) is 1. The lowest BCUT2D eigenvalue weighted by Gasteiger charge is -2.33. The highest BCUT2D eigenvalue weighted by Gasteiger charge is 2.23. The van der Waals surface area contributed by atoms with Gasteiger partial charge >= 0.3 is 0 Å². The minimum Gasteiger partial charge on any atom is -0.339 e. The Morgan fingerprint density at radius 1 is 1.42 bits per heavy atom. The van der Waals surface area contributed by atoms with E-state index in [0.29, 0.717) is 16.6 Å². The molecule has 0 bridgehead atoms. The van der Waals surface area contributed by atoms with Gasteiger partial charge in [0.1, 0.15) is 5.15 Å². The van der Waals surface area contributed by atoms with Gasteiger partial charge in [0.25, 0.3) is 5.91 Å².